The summed E-state index contributed by atoms with van der Waals surface area (Å²) in [4.78, 5) is 26.1. The molecule has 2 amide bonds. The van der Waals surface area contributed by atoms with E-state index in [2.05, 4.69) is 67.9 Å². The van der Waals surface area contributed by atoms with Crippen molar-refractivity contribution in [3.05, 3.63) is 35.4 Å². The molecular formula is C29H48BN3O4. The van der Waals surface area contributed by atoms with E-state index in [-0.39, 0.29) is 36.2 Å². The van der Waals surface area contributed by atoms with Gasteiger partial charge in [0.05, 0.1) is 11.2 Å². The number of rotatable bonds is 10. The molecule has 0 spiro atoms. The van der Waals surface area contributed by atoms with Crippen LogP contribution in [-0.2, 0) is 31.9 Å². The molecule has 2 aliphatic heterocycles. The first-order chi connectivity index (χ1) is 17.1. The molecule has 0 aromatic heterocycles. The fourth-order valence-corrected chi connectivity index (χ4v) is 5.30. The van der Waals surface area contributed by atoms with Gasteiger partial charge < -0.3 is 25.3 Å². The van der Waals surface area contributed by atoms with Crippen LogP contribution in [0.1, 0.15) is 98.6 Å². The summed E-state index contributed by atoms with van der Waals surface area (Å²) in [5, 5.41) is 9.87. The van der Waals surface area contributed by atoms with Crippen LogP contribution in [0.5, 0.6) is 0 Å². The van der Waals surface area contributed by atoms with Crippen LogP contribution in [0.3, 0.4) is 0 Å². The van der Waals surface area contributed by atoms with Crippen molar-refractivity contribution >= 4 is 18.9 Å². The molecule has 2 atom stereocenters. The largest absolute Gasteiger partial charge is 0.457 e. The molecule has 206 valence electrons. The maximum absolute atomic E-state index is 13.7. The van der Waals surface area contributed by atoms with Crippen molar-refractivity contribution in [3.63, 3.8) is 0 Å². The fourth-order valence-electron chi connectivity index (χ4n) is 5.30. The van der Waals surface area contributed by atoms with Gasteiger partial charge in [0.25, 0.3) is 0 Å². The predicted molar refractivity (Wildman–Crippen MR) is 149 cm³/mol. The third kappa shape index (κ3) is 7.81. The lowest BCUT2D eigenvalue weighted by atomic mass is 9.78. The van der Waals surface area contributed by atoms with E-state index in [0.717, 1.165) is 38.5 Å². The van der Waals surface area contributed by atoms with Crippen molar-refractivity contribution < 1.29 is 18.9 Å². The number of carbonyl (C=O) groups excluding carboxylic acids is 2. The van der Waals surface area contributed by atoms with E-state index < -0.39 is 11.1 Å². The molecule has 3 N–H and O–H groups in total. The standard InChI is InChI=1S/C29H48BN3O4/c1-21(34)32-29(25(35)33-26(2,3)4,16-11-12-18-30-36-27(5,6)28(7,8)37-30)17-15-24-19-22-13-9-10-14-23(22)20-31-24/h9-10,13-14,24,31H,11-12,15-20H2,1-8H3,(H,32,34)(H,33,35). The maximum Gasteiger partial charge on any atom is 0.457 e. The van der Waals surface area contributed by atoms with Gasteiger partial charge in [-0.1, -0.05) is 37.1 Å². The average molecular weight is 514 g/mol. The summed E-state index contributed by atoms with van der Waals surface area (Å²) in [5.74, 6) is -0.293. The van der Waals surface area contributed by atoms with E-state index in [1.54, 1.807) is 0 Å². The lowest BCUT2D eigenvalue weighted by Gasteiger charge is -2.38. The molecule has 37 heavy (non-hydrogen) atoms. The molecule has 1 aromatic rings. The van der Waals surface area contributed by atoms with Crippen LogP contribution in [0, 0.1) is 0 Å². The second kappa shape index (κ2) is 11.5. The van der Waals surface area contributed by atoms with Crippen LogP contribution in [-0.4, -0.2) is 47.3 Å². The van der Waals surface area contributed by atoms with Crippen LogP contribution >= 0.6 is 0 Å². The van der Waals surface area contributed by atoms with Crippen molar-refractivity contribution in [3.8, 4) is 0 Å². The molecule has 2 unspecified atom stereocenters. The number of benzene rings is 1. The Hall–Kier alpha value is -1.90. The Bertz CT molecular complexity index is 943. The average Bonchev–Trinajstić information content (AvgIpc) is 2.99. The zero-order valence-corrected chi connectivity index (χ0v) is 24.3. The Labute approximate surface area is 224 Å². The van der Waals surface area contributed by atoms with Crippen LogP contribution in [0.25, 0.3) is 0 Å². The molecule has 0 bridgehead atoms. The highest BCUT2D eigenvalue weighted by Gasteiger charge is 2.50. The smallest absolute Gasteiger partial charge is 0.403 e. The molecule has 8 heteroatoms. The first kappa shape index (κ1) is 29.7. The molecule has 7 nitrogen and oxygen atoms in total. The van der Waals surface area contributed by atoms with E-state index in [4.69, 9.17) is 9.31 Å². The predicted octanol–water partition coefficient (Wildman–Crippen LogP) is 4.53. The van der Waals surface area contributed by atoms with E-state index in [9.17, 15) is 9.59 Å². The van der Waals surface area contributed by atoms with Gasteiger partial charge >= 0.3 is 7.12 Å². The molecule has 1 saturated heterocycles. The van der Waals surface area contributed by atoms with Gasteiger partial charge in [-0.05, 0) is 91.6 Å². The minimum Gasteiger partial charge on any atom is -0.403 e. The van der Waals surface area contributed by atoms with Gasteiger partial charge in [0, 0.05) is 25.0 Å². The maximum atomic E-state index is 13.7. The number of amides is 2. The summed E-state index contributed by atoms with van der Waals surface area (Å²) in [6.45, 7) is 16.5. The van der Waals surface area contributed by atoms with Gasteiger partial charge in [-0.3, -0.25) is 9.59 Å². The summed E-state index contributed by atoms with van der Waals surface area (Å²) in [5.41, 5.74) is 0.628. The first-order valence-corrected chi connectivity index (χ1v) is 13.9. The van der Waals surface area contributed by atoms with Crippen LogP contribution in [0.4, 0.5) is 0 Å². The van der Waals surface area contributed by atoms with Crippen molar-refractivity contribution in [2.75, 3.05) is 0 Å². The van der Waals surface area contributed by atoms with Crippen molar-refractivity contribution in [1.29, 1.82) is 0 Å². The Morgan fingerprint density at radius 1 is 1.00 bits per heavy atom. The molecule has 0 radical (unpaired) electrons. The van der Waals surface area contributed by atoms with Gasteiger partial charge in [0.1, 0.15) is 5.54 Å². The normalized spacial score (nSPS) is 22.2. The van der Waals surface area contributed by atoms with Gasteiger partial charge in [-0.15, -0.1) is 0 Å². The zero-order chi connectivity index (χ0) is 27.5. The number of fused-ring (bicyclic) bond motifs is 1. The number of nitrogens with one attached hydrogen (secondary N) is 3. The molecule has 1 fully saturated rings. The third-order valence-corrected chi connectivity index (χ3v) is 8.02. The Kier molecular flexibility index (Phi) is 9.19. The van der Waals surface area contributed by atoms with E-state index >= 15 is 0 Å². The summed E-state index contributed by atoms with van der Waals surface area (Å²) < 4.78 is 12.3. The third-order valence-electron chi connectivity index (χ3n) is 8.02. The molecule has 1 aromatic carbocycles. The van der Waals surface area contributed by atoms with Crippen LogP contribution < -0.4 is 16.0 Å². The number of carbonyl (C=O) groups is 2. The van der Waals surface area contributed by atoms with Crippen molar-refractivity contribution in [1.82, 2.24) is 16.0 Å². The van der Waals surface area contributed by atoms with Crippen molar-refractivity contribution in [2.45, 2.75) is 135 Å². The second-order valence-corrected chi connectivity index (χ2v) is 13.0. The van der Waals surface area contributed by atoms with Gasteiger partial charge in [-0.2, -0.15) is 0 Å². The summed E-state index contributed by atoms with van der Waals surface area (Å²) in [6, 6.07) is 8.77. The fraction of sp³-hybridized carbons (Fsp3) is 0.724. The SMILES string of the molecule is CC(=O)NC(CCCCB1OC(C)(C)C(C)(C)O1)(CCC1Cc2ccccc2CN1)C(=O)NC(C)(C)C. The van der Waals surface area contributed by atoms with E-state index in [1.807, 2.05) is 20.8 Å². The lowest BCUT2D eigenvalue weighted by molar-refractivity contribution is -0.135. The quantitative estimate of drug-likeness (QED) is 0.316. The van der Waals surface area contributed by atoms with Gasteiger partial charge in [0.2, 0.25) is 11.8 Å². The number of hydrogen-bond donors (Lipinski definition) is 3. The van der Waals surface area contributed by atoms with Crippen LogP contribution in [0.15, 0.2) is 24.3 Å². The van der Waals surface area contributed by atoms with E-state index in [0.29, 0.717) is 12.8 Å². The molecule has 0 aliphatic carbocycles. The van der Waals surface area contributed by atoms with Crippen molar-refractivity contribution in [2.24, 2.45) is 0 Å². The highest BCUT2D eigenvalue weighted by atomic mass is 16.7. The summed E-state index contributed by atoms with van der Waals surface area (Å²) >= 11 is 0. The van der Waals surface area contributed by atoms with E-state index in [1.165, 1.54) is 18.1 Å². The minimum atomic E-state index is -0.965. The summed E-state index contributed by atoms with van der Waals surface area (Å²) in [6.07, 6.45) is 5.24. The monoisotopic (exact) mass is 513 g/mol. The number of unbranched alkanes of at least 4 members (excludes halogenated alkanes) is 1. The molecule has 0 saturated carbocycles. The lowest BCUT2D eigenvalue weighted by Crippen LogP contribution is -2.61. The van der Waals surface area contributed by atoms with Crippen LogP contribution in [0.2, 0.25) is 6.32 Å². The molecule has 2 aliphatic rings. The molecule has 3 rings (SSSR count). The summed E-state index contributed by atoms with van der Waals surface area (Å²) in [7, 11) is -0.255. The van der Waals surface area contributed by atoms with Gasteiger partial charge in [-0.25, -0.2) is 0 Å². The minimum absolute atomic E-state index is 0.109. The number of hydrogen-bond acceptors (Lipinski definition) is 5. The Morgan fingerprint density at radius 2 is 1.62 bits per heavy atom. The molecular weight excluding hydrogens is 465 g/mol. The topological polar surface area (TPSA) is 88.7 Å². The zero-order valence-electron chi connectivity index (χ0n) is 24.3. The van der Waals surface area contributed by atoms with Gasteiger partial charge in [0.15, 0.2) is 0 Å². The highest BCUT2D eigenvalue weighted by molar-refractivity contribution is 6.45. The first-order valence-electron chi connectivity index (χ1n) is 13.9. The molecule has 2 heterocycles. The second-order valence-electron chi connectivity index (χ2n) is 13.0. The highest BCUT2D eigenvalue weighted by Crippen LogP contribution is 2.38. The Morgan fingerprint density at radius 3 is 2.22 bits per heavy atom. The Balaban J connectivity index is 1.68.